The maximum absolute atomic E-state index is 12.8. The number of anilines is 1. The second-order valence-corrected chi connectivity index (χ2v) is 8.97. The molecule has 0 spiro atoms. The maximum Gasteiger partial charge on any atom is 0.235 e. The number of aromatic nitrogens is 2. The van der Waals surface area contributed by atoms with Crippen molar-refractivity contribution in [1.82, 2.24) is 14.9 Å². The quantitative estimate of drug-likeness (QED) is 0.556. The minimum atomic E-state index is -0.478. The van der Waals surface area contributed by atoms with Crippen LogP contribution in [0.15, 0.2) is 67.0 Å². The molecule has 4 atom stereocenters. The summed E-state index contributed by atoms with van der Waals surface area (Å²) in [6.45, 7) is 0.937. The highest BCUT2D eigenvalue weighted by Gasteiger charge is 2.30. The number of nitrogens with one attached hydrogen (secondary N) is 2. The number of amides is 1. The van der Waals surface area contributed by atoms with Gasteiger partial charge in [-0.3, -0.25) is 4.79 Å². The van der Waals surface area contributed by atoms with Crippen LogP contribution >= 0.6 is 0 Å². The number of hydrogen-bond donors (Lipinski definition) is 3. The number of aliphatic hydroxyl groups excluding tert-OH is 1. The van der Waals surface area contributed by atoms with Gasteiger partial charge in [0.1, 0.15) is 5.82 Å². The number of carbonyl (C=O) groups is 1. The van der Waals surface area contributed by atoms with E-state index in [0.717, 1.165) is 55.7 Å². The molecule has 0 bridgehead atoms. The lowest BCUT2D eigenvalue weighted by Gasteiger charge is -2.22. The predicted molar refractivity (Wildman–Crippen MR) is 124 cm³/mol. The molecule has 0 saturated carbocycles. The lowest BCUT2D eigenvalue weighted by molar-refractivity contribution is -0.118. The van der Waals surface area contributed by atoms with Crippen molar-refractivity contribution in [2.45, 2.75) is 62.8 Å². The normalized spacial score (nSPS) is 23.5. The SMILES string of the molecule is O=C(Nc1ccc(C[C@@H]2CC[C@H]([C@H](O)c3ccccc3)N2)cc1)[C@@H]1CCCn2ccnc21. The number of fused-ring (bicyclic) bond motifs is 1. The van der Waals surface area contributed by atoms with Gasteiger partial charge >= 0.3 is 0 Å². The Morgan fingerprint density at radius 3 is 2.75 bits per heavy atom. The van der Waals surface area contributed by atoms with Crippen molar-refractivity contribution in [2.24, 2.45) is 0 Å². The molecule has 32 heavy (non-hydrogen) atoms. The predicted octanol–water partition coefficient (Wildman–Crippen LogP) is 3.80. The fourth-order valence-corrected chi connectivity index (χ4v) is 5.04. The van der Waals surface area contributed by atoms with E-state index < -0.39 is 6.10 Å². The summed E-state index contributed by atoms with van der Waals surface area (Å²) in [4.78, 5) is 17.2. The molecule has 3 aromatic rings. The Bertz CT molecular complexity index is 1050. The van der Waals surface area contributed by atoms with Gasteiger partial charge in [0.25, 0.3) is 0 Å². The molecule has 2 aromatic carbocycles. The number of rotatable bonds is 6. The van der Waals surface area contributed by atoms with E-state index in [1.165, 1.54) is 5.56 Å². The first-order valence-electron chi connectivity index (χ1n) is 11.6. The number of imidazole rings is 1. The Hall–Kier alpha value is -2.96. The molecular weight excluding hydrogens is 400 g/mol. The van der Waals surface area contributed by atoms with Gasteiger partial charge in [0.2, 0.25) is 5.91 Å². The standard InChI is InChI=1S/C26H30N4O2/c31-24(19-5-2-1-3-6-19)23-13-12-21(28-23)17-18-8-10-20(11-9-18)29-26(32)22-7-4-15-30-16-14-27-25(22)30/h1-3,5-6,8-11,14,16,21-24,28,31H,4,7,12-13,15,17H2,(H,29,32)/t21-,22+,23+,24+/m0/s1. The molecule has 0 radical (unpaired) electrons. The van der Waals surface area contributed by atoms with Crippen LogP contribution in [0.5, 0.6) is 0 Å². The largest absolute Gasteiger partial charge is 0.387 e. The summed E-state index contributed by atoms with van der Waals surface area (Å²) in [6.07, 6.45) is 7.99. The molecule has 1 amide bonds. The van der Waals surface area contributed by atoms with Gasteiger partial charge in [-0.1, -0.05) is 42.5 Å². The van der Waals surface area contributed by atoms with E-state index in [1.807, 2.05) is 48.7 Å². The van der Waals surface area contributed by atoms with Crippen LogP contribution in [0.25, 0.3) is 0 Å². The Kier molecular flexibility index (Phi) is 6.06. The fourth-order valence-electron chi connectivity index (χ4n) is 5.04. The number of nitrogens with zero attached hydrogens (tertiary/aromatic N) is 2. The van der Waals surface area contributed by atoms with E-state index in [1.54, 1.807) is 6.20 Å². The van der Waals surface area contributed by atoms with Crippen LogP contribution in [0.1, 0.15) is 54.7 Å². The van der Waals surface area contributed by atoms with Crippen LogP contribution < -0.4 is 10.6 Å². The molecule has 2 aliphatic rings. The van der Waals surface area contributed by atoms with Crippen molar-refractivity contribution in [3.63, 3.8) is 0 Å². The van der Waals surface area contributed by atoms with Gasteiger partial charge < -0.3 is 20.3 Å². The summed E-state index contributed by atoms with van der Waals surface area (Å²) in [5, 5.41) is 17.3. The van der Waals surface area contributed by atoms with Gasteiger partial charge in [-0.2, -0.15) is 0 Å². The van der Waals surface area contributed by atoms with Crippen molar-refractivity contribution < 1.29 is 9.90 Å². The highest BCUT2D eigenvalue weighted by molar-refractivity contribution is 5.95. The third-order valence-electron chi connectivity index (χ3n) is 6.77. The van der Waals surface area contributed by atoms with E-state index >= 15 is 0 Å². The van der Waals surface area contributed by atoms with Gasteiger partial charge in [-0.25, -0.2) is 4.98 Å². The first kappa shape index (κ1) is 20.9. The topological polar surface area (TPSA) is 79.2 Å². The minimum Gasteiger partial charge on any atom is -0.387 e. The lowest BCUT2D eigenvalue weighted by Crippen LogP contribution is -2.35. The summed E-state index contributed by atoms with van der Waals surface area (Å²) in [5.41, 5.74) is 3.01. The number of aryl methyl sites for hydroxylation is 1. The van der Waals surface area contributed by atoms with Crippen molar-refractivity contribution in [3.05, 3.63) is 83.9 Å². The molecule has 6 nitrogen and oxygen atoms in total. The van der Waals surface area contributed by atoms with Crippen molar-refractivity contribution >= 4 is 11.6 Å². The van der Waals surface area contributed by atoms with Crippen LogP contribution in [-0.4, -0.2) is 32.6 Å². The molecule has 3 N–H and O–H groups in total. The first-order chi connectivity index (χ1) is 15.7. The Balaban J connectivity index is 1.15. The Labute approximate surface area is 188 Å². The molecular formula is C26H30N4O2. The average molecular weight is 431 g/mol. The Morgan fingerprint density at radius 1 is 1.12 bits per heavy atom. The summed E-state index contributed by atoms with van der Waals surface area (Å²) < 4.78 is 2.08. The van der Waals surface area contributed by atoms with E-state index in [4.69, 9.17) is 0 Å². The van der Waals surface area contributed by atoms with E-state index in [9.17, 15) is 9.90 Å². The lowest BCUT2D eigenvalue weighted by atomic mass is 9.98. The fraction of sp³-hybridized carbons (Fsp3) is 0.385. The van der Waals surface area contributed by atoms with Gasteiger partial charge in [-0.15, -0.1) is 0 Å². The summed E-state index contributed by atoms with van der Waals surface area (Å²) in [7, 11) is 0. The second kappa shape index (κ2) is 9.27. The number of carbonyl (C=O) groups excluding carboxylic acids is 1. The molecule has 1 aromatic heterocycles. The summed E-state index contributed by atoms with van der Waals surface area (Å²) in [5.74, 6) is 0.694. The molecule has 0 aliphatic carbocycles. The zero-order valence-electron chi connectivity index (χ0n) is 18.2. The van der Waals surface area contributed by atoms with Crippen molar-refractivity contribution in [1.29, 1.82) is 0 Å². The van der Waals surface area contributed by atoms with Crippen molar-refractivity contribution in [2.75, 3.05) is 5.32 Å². The number of aliphatic hydroxyl groups is 1. The van der Waals surface area contributed by atoms with E-state index in [0.29, 0.717) is 6.04 Å². The highest BCUT2D eigenvalue weighted by atomic mass is 16.3. The van der Waals surface area contributed by atoms with Crippen LogP contribution in [0, 0.1) is 0 Å². The molecule has 2 aliphatic heterocycles. The molecule has 1 fully saturated rings. The highest BCUT2D eigenvalue weighted by Crippen LogP contribution is 2.28. The smallest absolute Gasteiger partial charge is 0.235 e. The average Bonchev–Trinajstić information content (AvgIpc) is 3.50. The van der Waals surface area contributed by atoms with Gasteiger partial charge in [-0.05, 0) is 55.4 Å². The van der Waals surface area contributed by atoms with Gasteiger partial charge in [0.15, 0.2) is 0 Å². The number of benzene rings is 2. The van der Waals surface area contributed by atoms with E-state index in [-0.39, 0.29) is 17.9 Å². The molecule has 3 heterocycles. The zero-order chi connectivity index (χ0) is 21.9. The molecule has 0 unspecified atom stereocenters. The minimum absolute atomic E-state index is 0.0140. The molecule has 166 valence electrons. The van der Waals surface area contributed by atoms with Crippen LogP contribution in [0.4, 0.5) is 5.69 Å². The first-order valence-corrected chi connectivity index (χ1v) is 11.6. The molecule has 6 heteroatoms. The molecule has 5 rings (SSSR count). The zero-order valence-corrected chi connectivity index (χ0v) is 18.2. The van der Waals surface area contributed by atoms with Crippen LogP contribution in [-0.2, 0) is 17.8 Å². The van der Waals surface area contributed by atoms with Gasteiger partial charge in [0.05, 0.1) is 12.0 Å². The Morgan fingerprint density at radius 2 is 1.94 bits per heavy atom. The molecule has 1 saturated heterocycles. The summed E-state index contributed by atoms with van der Waals surface area (Å²) >= 11 is 0. The van der Waals surface area contributed by atoms with E-state index in [2.05, 4.69) is 32.3 Å². The van der Waals surface area contributed by atoms with Crippen LogP contribution in [0.3, 0.4) is 0 Å². The summed E-state index contributed by atoms with van der Waals surface area (Å²) in [6, 6.07) is 18.4. The maximum atomic E-state index is 12.8. The number of hydrogen-bond acceptors (Lipinski definition) is 4. The third kappa shape index (κ3) is 4.47. The monoisotopic (exact) mass is 430 g/mol. The van der Waals surface area contributed by atoms with Crippen molar-refractivity contribution in [3.8, 4) is 0 Å². The second-order valence-electron chi connectivity index (χ2n) is 8.97. The third-order valence-corrected chi connectivity index (χ3v) is 6.77. The van der Waals surface area contributed by atoms with Gasteiger partial charge in [0, 0.05) is 36.7 Å². The van der Waals surface area contributed by atoms with Crippen LogP contribution in [0.2, 0.25) is 0 Å².